The Bertz CT molecular complexity index is 986. The van der Waals surface area contributed by atoms with E-state index in [1.54, 1.807) is 19.5 Å². The highest BCUT2D eigenvalue weighted by Crippen LogP contribution is 2.30. The summed E-state index contributed by atoms with van der Waals surface area (Å²) in [6.45, 7) is 5.42. The van der Waals surface area contributed by atoms with Crippen molar-refractivity contribution in [3.63, 3.8) is 0 Å². The lowest BCUT2D eigenvalue weighted by molar-refractivity contribution is -0.134. The lowest BCUT2D eigenvalue weighted by Gasteiger charge is -2.31. The summed E-state index contributed by atoms with van der Waals surface area (Å²) in [5.74, 6) is 0.640. The zero-order chi connectivity index (χ0) is 23.3. The Morgan fingerprint density at radius 2 is 2.00 bits per heavy atom. The predicted molar refractivity (Wildman–Crippen MR) is 129 cm³/mol. The molecule has 0 unspecified atom stereocenters. The maximum Gasteiger partial charge on any atom is 0.289 e. The number of carbonyl (C=O) groups is 2. The quantitative estimate of drug-likeness (QED) is 0.508. The molecule has 32 heavy (non-hydrogen) atoms. The van der Waals surface area contributed by atoms with E-state index < -0.39 is 0 Å². The van der Waals surface area contributed by atoms with Gasteiger partial charge in [-0.2, -0.15) is 0 Å². The van der Waals surface area contributed by atoms with Crippen molar-refractivity contribution in [2.24, 2.45) is 0 Å². The van der Waals surface area contributed by atoms with Crippen molar-refractivity contribution in [1.82, 2.24) is 25.6 Å². The monoisotopic (exact) mass is 475 g/mol. The second-order valence-electron chi connectivity index (χ2n) is 7.82. The number of benzene rings is 1. The first-order valence-corrected chi connectivity index (χ1v) is 11.8. The van der Waals surface area contributed by atoms with E-state index in [0.717, 1.165) is 23.4 Å². The molecule has 172 valence electrons. The van der Waals surface area contributed by atoms with Crippen LogP contribution in [0.2, 0.25) is 0 Å². The third kappa shape index (κ3) is 5.95. The van der Waals surface area contributed by atoms with Crippen LogP contribution in [0.3, 0.4) is 0 Å². The van der Waals surface area contributed by atoms with E-state index in [2.05, 4.69) is 15.7 Å². The highest BCUT2D eigenvalue weighted by Gasteiger charge is 2.26. The van der Waals surface area contributed by atoms with Crippen LogP contribution in [-0.4, -0.2) is 65.6 Å². The molecule has 2 N–H and O–H groups in total. The summed E-state index contributed by atoms with van der Waals surface area (Å²) in [6, 6.07) is 5.84. The van der Waals surface area contributed by atoms with Crippen molar-refractivity contribution in [3.05, 3.63) is 45.4 Å². The molecule has 1 aliphatic heterocycles. The molecular formula is C22H29N5O3S2. The number of nitrogens with zero attached hydrogens (tertiary/aromatic N) is 3. The van der Waals surface area contributed by atoms with E-state index in [9.17, 15) is 9.59 Å². The van der Waals surface area contributed by atoms with Crippen molar-refractivity contribution in [2.45, 2.75) is 32.6 Å². The number of hydrogen-bond donors (Lipinski definition) is 2. The number of thiocarbonyl (C=S) groups is 1. The van der Waals surface area contributed by atoms with Gasteiger partial charge in [-0.1, -0.05) is 6.07 Å². The molecule has 1 aromatic carbocycles. The summed E-state index contributed by atoms with van der Waals surface area (Å²) >= 11 is 6.56. The Balaban J connectivity index is 1.48. The Morgan fingerprint density at radius 1 is 1.28 bits per heavy atom. The lowest BCUT2D eigenvalue weighted by Crippen LogP contribution is -2.47. The Labute approximate surface area is 197 Å². The number of piperidine rings is 1. The van der Waals surface area contributed by atoms with Gasteiger partial charge >= 0.3 is 0 Å². The van der Waals surface area contributed by atoms with Gasteiger partial charge < -0.3 is 15.0 Å². The van der Waals surface area contributed by atoms with Crippen molar-refractivity contribution < 1.29 is 14.3 Å². The molecule has 2 aromatic rings. The lowest BCUT2D eigenvalue weighted by atomic mass is 9.97. The van der Waals surface area contributed by atoms with Crippen molar-refractivity contribution >= 4 is 40.5 Å². The van der Waals surface area contributed by atoms with Crippen LogP contribution in [0.4, 0.5) is 0 Å². The fourth-order valence-corrected chi connectivity index (χ4v) is 4.44. The van der Waals surface area contributed by atoms with Gasteiger partial charge in [0.05, 0.1) is 5.01 Å². The standard InChI is InChI=1S/C22H29N5O3S2/c1-14-5-6-17(11-15(14)2)30-12-19(28)27-9-7-16(8-10-27)21-24-18(13-32-21)20(29)25-26(4)22(31)23-3/h5-6,11,13,16H,7-10,12H2,1-4H3,(H,23,31)(H,25,29). The van der Waals surface area contributed by atoms with Gasteiger partial charge in [-0.15, -0.1) is 11.3 Å². The first-order valence-electron chi connectivity index (χ1n) is 10.5. The molecule has 2 amide bonds. The second kappa shape index (κ2) is 10.7. The molecule has 0 spiro atoms. The molecule has 1 aromatic heterocycles. The number of aryl methyl sites for hydroxylation is 2. The van der Waals surface area contributed by atoms with Crippen molar-refractivity contribution in [2.75, 3.05) is 33.8 Å². The summed E-state index contributed by atoms with van der Waals surface area (Å²) in [6.07, 6.45) is 1.63. The molecule has 1 fully saturated rings. The van der Waals surface area contributed by atoms with E-state index in [1.165, 1.54) is 21.9 Å². The number of ether oxygens (including phenoxy) is 1. The molecule has 10 heteroatoms. The second-order valence-corrected chi connectivity index (χ2v) is 9.09. The van der Waals surface area contributed by atoms with Crippen molar-refractivity contribution in [1.29, 1.82) is 0 Å². The Kier molecular flexibility index (Phi) is 8.03. The van der Waals surface area contributed by atoms with Crippen LogP contribution >= 0.6 is 23.6 Å². The zero-order valence-corrected chi connectivity index (χ0v) is 20.4. The maximum atomic E-state index is 12.6. The molecule has 0 radical (unpaired) electrons. The number of thiazole rings is 1. The molecule has 1 saturated heterocycles. The summed E-state index contributed by atoms with van der Waals surface area (Å²) in [5, 5.41) is 7.34. The van der Waals surface area contributed by atoms with Gasteiger partial charge in [0.15, 0.2) is 11.7 Å². The minimum Gasteiger partial charge on any atom is -0.484 e. The molecule has 2 heterocycles. The van der Waals surface area contributed by atoms with E-state index >= 15 is 0 Å². The highest BCUT2D eigenvalue weighted by atomic mass is 32.1. The third-order valence-electron chi connectivity index (χ3n) is 5.58. The van der Waals surface area contributed by atoms with Crippen LogP contribution < -0.4 is 15.5 Å². The van der Waals surface area contributed by atoms with E-state index in [1.807, 2.05) is 36.9 Å². The van der Waals surface area contributed by atoms with Crippen molar-refractivity contribution in [3.8, 4) is 5.75 Å². The number of likely N-dealkylation sites (tertiary alicyclic amines) is 1. The molecule has 3 rings (SSSR count). The van der Waals surface area contributed by atoms with Crippen LogP contribution in [0.5, 0.6) is 5.75 Å². The molecule has 1 aliphatic rings. The van der Waals surface area contributed by atoms with Crippen LogP contribution in [0.15, 0.2) is 23.6 Å². The van der Waals surface area contributed by atoms with Crippen LogP contribution in [0.1, 0.15) is 45.4 Å². The third-order valence-corrected chi connectivity index (χ3v) is 7.07. The molecule has 0 atom stereocenters. The minimum atomic E-state index is -0.302. The van der Waals surface area contributed by atoms with Gasteiger partial charge in [0, 0.05) is 38.5 Å². The first-order chi connectivity index (χ1) is 15.3. The summed E-state index contributed by atoms with van der Waals surface area (Å²) in [4.78, 5) is 31.3. The van der Waals surface area contributed by atoms with Crippen LogP contribution in [-0.2, 0) is 4.79 Å². The number of carbonyl (C=O) groups excluding carboxylic acids is 2. The van der Waals surface area contributed by atoms with Gasteiger partial charge in [-0.3, -0.25) is 20.0 Å². The van der Waals surface area contributed by atoms with E-state index in [0.29, 0.717) is 29.6 Å². The number of hydrazine groups is 1. The average molecular weight is 476 g/mol. The van der Waals surface area contributed by atoms with Crippen LogP contribution in [0.25, 0.3) is 0 Å². The highest BCUT2D eigenvalue weighted by molar-refractivity contribution is 7.80. The SMILES string of the molecule is CNC(=S)N(C)NC(=O)c1csc(C2CCN(C(=O)COc3ccc(C)c(C)c3)CC2)n1. The maximum absolute atomic E-state index is 12.6. The number of nitrogens with one attached hydrogen (secondary N) is 2. The number of hydrogen-bond acceptors (Lipinski definition) is 6. The molecular weight excluding hydrogens is 446 g/mol. The number of aromatic nitrogens is 1. The summed E-state index contributed by atoms with van der Waals surface area (Å²) < 4.78 is 5.69. The number of rotatable bonds is 5. The summed E-state index contributed by atoms with van der Waals surface area (Å²) in [7, 11) is 3.36. The zero-order valence-electron chi connectivity index (χ0n) is 18.8. The fourth-order valence-electron chi connectivity index (χ4n) is 3.42. The predicted octanol–water partition coefficient (Wildman–Crippen LogP) is 2.63. The van der Waals surface area contributed by atoms with Gasteiger partial charge in [0.25, 0.3) is 11.8 Å². The van der Waals surface area contributed by atoms with E-state index in [4.69, 9.17) is 17.0 Å². The normalized spacial score (nSPS) is 14.1. The molecule has 0 bridgehead atoms. The Morgan fingerprint density at radius 3 is 2.66 bits per heavy atom. The topological polar surface area (TPSA) is 86.8 Å². The average Bonchev–Trinajstić information content (AvgIpc) is 3.29. The minimum absolute atomic E-state index is 0.00979. The number of amides is 2. The fraction of sp³-hybridized carbons (Fsp3) is 0.455. The van der Waals surface area contributed by atoms with Gasteiger partial charge in [-0.05, 0) is 62.2 Å². The van der Waals surface area contributed by atoms with Gasteiger partial charge in [-0.25, -0.2) is 4.98 Å². The smallest absolute Gasteiger partial charge is 0.289 e. The van der Waals surface area contributed by atoms with Gasteiger partial charge in [0.1, 0.15) is 11.4 Å². The van der Waals surface area contributed by atoms with Gasteiger partial charge in [0.2, 0.25) is 0 Å². The Hall–Kier alpha value is -2.72. The largest absolute Gasteiger partial charge is 0.484 e. The first kappa shape index (κ1) is 23.9. The van der Waals surface area contributed by atoms with E-state index in [-0.39, 0.29) is 24.3 Å². The molecule has 0 aliphatic carbocycles. The summed E-state index contributed by atoms with van der Waals surface area (Å²) in [5.41, 5.74) is 5.40. The molecule has 8 nitrogen and oxygen atoms in total. The van der Waals surface area contributed by atoms with Crippen LogP contribution in [0, 0.1) is 13.8 Å². The molecule has 0 saturated carbocycles.